The summed E-state index contributed by atoms with van der Waals surface area (Å²) in [5.41, 5.74) is 0.974. The normalized spacial score (nSPS) is 21.3. The zero-order chi connectivity index (χ0) is 23.8. The Balaban J connectivity index is 1.44. The third kappa shape index (κ3) is 4.12. The molecule has 3 aromatic heterocycles. The van der Waals surface area contributed by atoms with Crippen LogP contribution in [0, 0.1) is 0 Å². The van der Waals surface area contributed by atoms with E-state index in [0.717, 1.165) is 32.4 Å². The van der Waals surface area contributed by atoms with Crippen LogP contribution in [0.2, 0.25) is 0 Å². The lowest BCUT2D eigenvalue weighted by atomic mass is 9.89. The zero-order valence-corrected chi connectivity index (χ0v) is 19.4. The molecule has 1 amide bonds. The molecule has 0 radical (unpaired) electrons. The van der Waals surface area contributed by atoms with Crippen molar-refractivity contribution in [2.24, 2.45) is 0 Å². The lowest BCUT2D eigenvalue weighted by Gasteiger charge is -2.32. The molecule has 0 aromatic carbocycles. The molecule has 180 valence electrons. The smallest absolute Gasteiger partial charge is 0.274 e. The molecule has 0 bridgehead atoms. The van der Waals surface area contributed by atoms with E-state index >= 15 is 0 Å². The molecule has 0 spiro atoms. The monoisotopic (exact) mass is 466 g/mol. The van der Waals surface area contributed by atoms with Gasteiger partial charge in [-0.05, 0) is 58.0 Å². The van der Waals surface area contributed by atoms with Gasteiger partial charge in [0.1, 0.15) is 22.9 Å². The summed E-state index contributed by atoms with van der Waals surface area (Å²) in [7, 11) is 3.84. The number of carbonyl (C=O) groups excluding carboxylic acids is 1. The van der Waals surface area contributed by atoms with Gasteiger partial charge in [0.25, 0.3) is 11.5 Å². The zero-order valence-electron chi connectivity index (χ0n) is 19.4. The maximum absolute atomic E-state index is 13.2. The molecular weight excluding hydrogens is 436 g/mol. The van der Waals surface area contributed by atoms with E-state index in [4.69, 9.17) is 0 Å². The number of aromatic nitrogens is 4. The van der Waals surface area contributed by atoms with Crippen LogP contribution in [0.1, 0.15) is 42.1 Å². The Morgan fingerprint density at radius 3 is 2.68 bits per heavy atom. The molecule has 11 heteroatoms. The first kappa shape index (κ1) is 22.4. The molecule has 1 saturated carbocycles. The number of nitrogens with one attached hydrogen (secondary N) is 3. The quantitative estimate of drug-likeness (QED) is 0.427. The molecule has 2 aliphatic rings. The van der Waals surface area contributed by atoms with Gasteiger partial charge in [0.2, 0.25) is 0 Å². The summed E-state index contributed by atoms with van der Waals surface area (Å²) < 4.78 is 3.34. The molecule has 11 nitrogen and oxygen atoms in total. The Morgan fingerprint density at radius 2 is 2.00 bits per heavy atom. The van der Waals surface area contributed by atoms with E-state index in [1.807, 2.05) is 12.3 Å². The summed E-state index contributed by atoms with van der Waals surface area (Å²) in [5.74, 6) is 0.699. The summed E-state index contributed by atoms with van der Waals surface area (Å²) in [5, 5.41) is 23.2. The summed E-state index contributed by atoms with van der Waals surface area (Å²) >= 11 is 0. The predicted octanol–water partition coefficient (Wildman–Crippen LogP) is 1.20. The van der Waals surface area contributed by atoms with Gasteiger partial charge in [0.15, 0.2) is 5.65 Å². The van der Waals surface area contributed by atoms with Gasteiger partial charge < -0.3 is 30.5 Å². The van der Waals surface area contributed by atoms with E-state index in [2.05, 4.69) is 38.0 Å². The van der Waals surface area contributed by atoms with Crippen LogP contribution in [0.4, 0.5) is 17.3 Å². The summed E-state index contributed by atoms with van der Waals surface area (Å²) in [6.45, 7) is 1.92. The van der Waals surface area contributed by atoms with Gasteiger partial charge in [-0.15, -0.1) is 0 Å². The number of piperidine rings is 1. The van der Waals surface area contributed by atoms with Gasteiger partial charge in [0.05, 0.1) is 18.3 Å². The van der Waals surface area contributed by atoms with Crippen LogP contribution in [-0.4, -0.2) is 74.4 Å². The minimum absolute atomic E-state index is 0.102. The summed E-state index contributed by atoms with van der Waals surface area (Å²) in [4.78, 5) is 32.9. The SMILES string of the molecule is CNc1cc(Nc2cccn(C3CCN(C)CC3)c2=O)nc2c(C(=O)N[C@H]3CC[C@H]3O)cnn12. The Hall–Kier alpha value is -3.44. The lowest BCUT2D eigenvalue weighted by molar-refractivity contribution is 0.0448. The van der Waals surface area contributed by atoms with Crippen molar-refractivity contribution in [3.05, 3.63) is 46.5 Å². The van der Waals surface area contributed by atoms with Crippen molar-refractivity contribution in [1.82, 2.24) is 29.4 Å². The number of hydrogen-bond donors (Lipinski definition) is 4. The van der Waals surface area contributed by atoms with Crippen molar-refractivity contribution in [2.45, 2.75) is 43.9 Å². The van der Waals surface area contributed by atoms with Crippen molar-refractivity contribution < 1.29 is 9.90 Å². The highest BCUT2D eigenvalue weighted by atomic mass is 16.3. The van der Waals surface area contributed by atoms with E-state index in [1.54, 1.807) is 28.3 Å². The molecular formula is C23H30N8O3. The molecule has 1 aliphatic carbocycles. The third-order valence-corrected chi connectivity index (χ3v) is 6.85. The number of fused-ring (bicyclic) bond motifs is 1. The lowest BCUT2D eigenvalue weighted by Crippen LogP contribution is -2.50. The molecule has 5 rings (SSSR count). The Bertz CT molecular complexity index is 1260. The van der Waals surface area contributed by atoms with E-state index in [1.165, 1.54) is 6.20 Å². The van der Waals surface area contributed by atoms with Gasteiger partial charge in [-0.25, -0.2) is 4.98 Å². The van der Waals surface area contributed by atoms with Crippen LogP contribution in [0.3, 0.4) is 0 Å². The second-order valence-corrected chi connectivity index (χ2v) is 9.09. The number of amides is 1. The first-order valence-electron chi connectivity index (χ1n) is 11.7. The van der Waals surface area contributed by atoms with Crippen molar-refractivity contribution in [3.63, 3.8) is 0 Å². The third-order valence-electron chi connectivity index (χ3n) is 6.85. The van der Waals surface area contributed by atoms with Crippen molar-refractivity contribution in [3.8, 4) is 0 Å². The number of nitrogens with zero attached hydrogens (tertiary/aromatic N) is 5. The topological polar surface area (TPSA) is 129 Å². The van der Waals surface area contributed by atoms with E-state index < -0.39 is 6.10 Å². The number of anilines is 3. The minimum atomic E-state index is -0.520. The standard InChI is InChI=1S/C23H30N8O3/c1-24-20-12-19(26-17-4-3-9-30(23(17)34)14-7-10-29(2)11-8-14)28-21-15(13-25-31(20)21)22(33)27-16-5-6-18(16)32/h3-4,9,12-14,16,18,24,32H,5-8,10-11H2,1-2H3,(H,26,28)(H,27,33)/t16-,18+/m0/s1. The molecule has 1 aliphatic heterocycles. The van der Waals surface area contributed by atoms with Gasteiger partial charge in [0, 0.05) is 25.4 Å². The Morgan fingerprint density at radius 1 is 1.21 bits per heavy atom. The number of pyridine rings is 1. The molecule has 2 fully saturated rings. The second kappa shape index (κ2) is 9.07. The van der Waals surface area contributed by atoms with Gasteiger partial charge in [-0.3, -0.25) is 9.59 Å². The number of likely N-dealkylation sites (tertiary alicyclic amines) is 1. The second-order valence-electron chi connectivity index (χ2n) is 9.09. The van der Waals surface area contributed by atoms with E-state index in [-0.39, 0.29) is 23.6 Å². The van der Waals surface area contributed by atoms with Gasteiger partial charge in [-0.1, -0.05) is 0 Å². The average Bonchev–Trinajstić information content (AvgIpc) is 3.27. The highest BCUT2D eigenvalue weighted by Gasteiger charge is 2.31. The first-order valence-corrected chi connectivity index (χ1v) is 11.7. The molecule has 1 saturated heterocycles. The maximum atomic E-state index is 13.2. The molecule has 4 N–H and O–H groups in total. The average molecular weight is 467 g/mol. The highest BCUT2D eigenvalue weighted by molar-refractivity contribution is 6.00. The number of aliphatic hydroxyl groups is 1. The fourth-order valence-corrected chi connectivity index (χ4v) is 4.57. The largest absolute Gasteiger partial charge is 0.391 e. The van der Waals surface area contributed by atoms with Crippen molar-refractivity contribution in [2.75, 3.05) is 37.8 Å². The molecule has 4 heterocycles. The minimum Gasteiger partial charge on any atom is -0.391 e. The van der Waals surface area contributed by atoms with Crippen LogP contribution in [0.5, 0.6) is 0 Å². The summed E-state index contributed by atoms with van der Waals surface area (Å²) in [6, 6.07) is 5.25. The van der Waals surface area contributed by atoms with Crippen molar-refractivity contribution in [1.29, 1.82) is 0 Å². The first-order chi connectivity index (χ1) is 16.4. The van der Waals surface area contributed by atoms with E-state index in [0.29, 0.717) is 35.0 Å². The van der Waals surface area contributed by atoms with Crippen LogP contribution in [0.25, 0.3) is 5.65 Å². The molecule has 3 aromatic rings. The van der Waals surface area contributed by atoms with Crippen molar-refractivity contribution >= 4 is 28.9 Å². The van der Waals surface area contributed by atoms with Gasteiger partial charge >= 0.3 is 0 Å². The molecule has 2 atom stereocenters. The number of aliphatic hydroxyl groups excluding tert-OH is 1. The van der Waals surface area contributed by atoms with E-state index in [9.17, 15) is 14.7 Å². The maximum Gasteiger partial charge on any atom is 0.274 e. The number of carbonyl (C=O) groups is 1. The van der Waals surface area contributed by atoms with Gasteiger partial charge in [-0.2, -0.15) is 9.61 Å². The molecule has 34 heavy (non-hydrogen) atoms. The number of hydrogen-bond acceptors (Lipinski definition) is 8. The predicted molar refractivity (Wildman–Crippen MR) is 129 cm³/mol. The highest BCUT2D eigenvalue weighted by Crippen LogP contribution is 2.24. The Labute approximate surface area is 196 Å². The van der Waals surface area contributed by atoms with Crippen LogP contribution >= 0.6 is 0 Å². The summed E-state index contributed by atoms with van der Waals surface area (Å²) in [6.07, 6.45) is 6.06. The van der Waals surface area contributed by atoms with Crippen LogP contribution in [0.15, 0.2) is 35.4 Å². The number of rotatable bonds is 6. The fourth-order valence-electron chi connectivity index (χ4n) is 4.57. The van der Waals surface area contributed by atoms with Crippen LogP contribution < -0.4 is 21.5 Å². The fraction of sp³-hybridized carbons (Fsp3) is 0.478. The molecule has 0 unspecified atom stereocenters. The van der Waals surface area contributed by atoms with Crippen LogP contribution in [-0.2, 0) is 0 Å². The Kier molecular flexibility index (Phi) is 5.96.